The number of carbonyl (C=O) groups is 2. The molecule has 0 spiro atoms. The molecule has 0 radical (unpaired) electrons. The first-order chi connectivity index (χ1) is 12.5. The second-order valence-electron chi connectivity index (χ2n) is 6.31. The van der Waals surface area contributed by atoms with Crippen LogP contribution in [0.5, 0.6) is 0 Å². The van der Waals surface area contributed by atoms with Crippen molar-refractivity contribution in [3.63, 3.8) is 0 Å². The van der Waals surface area contributed by atoms with Gasteiger partial charge in [-0.15, -0.1) is 0 Å². The van der Waals surface area contributed by atoms with Crippen LogP contribution in [-0.2, 0) is 16.0 Å². The van der Waals surface area contributed by atoms with Gasteiger partial charge in [-0.3, -0.25) is 9.59 Å². The van der Waals surface area contributed by atoms with Crippen LogP contribution in [0.2, 0.25) is 5.02 Å². The Hall–Kier alpha value is -2.47. The zero-order valence-corrected chi connectivity index (χ0v) is 14.9. The highest BCUT2D eigenvalue weighted by molar-refractivity contribution is 6.30. The molecule has 2 amide bonds. The summed E-state index contributed by atoms with van der Waals surface area (Å²) in [7, 11) is 0. The number of anilines is 1. The third-order valence-corrected chi connectivity index (χ3v) is 4.69. The third-order valence-electron chi connectivity index (χ3n) is 4.47. The Labute approximate surface area is 156 Å². The van der Waals surface area contributed by atoms with Crippen LogP contribution in [-0.4, -0.2) is 34.8 Å². The largest absolute Gasteiger partial charge is 0.342 e. The van der Waals surface area contributed by atoms with Gasteiger partial charge in [0.2, 0.25) is 11.8 Å². The number of amides is 2. The number of piperidine rings is 1. The minimum atomic E-state index is -0.316. The van der Waals surface area contributed by atoms with E-state index in [2.05, 4.69) is 10.3 Å². The number of carbonyl (C=O) groups excluding carboxylic acids is 2. The van der Waals surface area contributed by atoms with Gasteiger partial charge in [0.15, 0.2) is 0 Å². The van der Waals surface area contributed by atoms with Crippen molar-refractivity contribution in [2.24, 2.45) is 5.92 Å². The quantitative estimate of drug-likeness (QED) is 0.891. The molecule has 1 saturated heterocycles. The molecule has 2 aromatic rings. The highest BCUT2D eigenvalue weighted by Gasteiger charge is 2.27. The smallest absolute Gasteiger partial charge is 0.228 e. The van der Waals surface area contributed by atoms with E-state index in [0.29, 0.717) is 36.8 Å². The van der Waals surface area contributed by atoms with Gasteiger partial charge in [-0.25, -0.2) is 9.37 Å². The van der Waals surface area contributed by atoms with Crippen molar-refractivity contribution in [1.29, 1.82) is 0 Å². The van der Waals surface area contributed by atoms with Crippen molar-refractivity contribution >= 4 is 29.2 Å². The van der Waals surface area contributed by atoms with Gasteiger partial charge in [-0.05, 0) is 42.7 Å². The van der Waals surface area contributed by atoms with Crippen molar-refractivity contribution in [2.75, 3.05) is 18.4 Å². The van der Waals surface area contributed by atoms with E-state index in [1.165, 1.54) is 18.3 Å². The van der Waals surface area contributed by atoms with Crippen LogP contribution in [0.25, 0.3) is 0 Å². The van der Waals surface area contributed by atoms with Crippen molar-refractivity contribution < 1.29 is 14.0 Å². The van der Waals surface area contributed by atoms with Crippen LogP contribution in [0.4, 0.5) is 10.2 Å². The summed E-state index contributed by atoms with van der Waals surface area (Å²) in [6, 6.07) is 9.26. The molecule has 0 atom stereocenters. The fraction of sp³-hybridized carbons (Fsp3) is 0.316. The van der Waals surface area contributed by atoms with Crippen LogP contribution in [0.3, 0.4) is 0 Å². The number of halogens is 2. The Bertz CT molecular complexity index is 705. The van der Waals surface area contributed by atoms with Crippen LogP contribution in [0, 0.1) is 11.7 Å². The number of benzene rings is 1. The molecule has 1 aliphatic heterocycles. The lowest BCUT2D eigenvalue weighted by Gasteiger charge is -2.31. The molecular formula is C19H19ClFN3O2. The maximum atomic E-state index is 12.9. The molecule has 1 N–H and O–H groups in total. The van der Waals surface area contributed by atoms with Gasteiger partial charge in [0.05, 0.1) is 11.4 Å². The van der Waals surface area contributed by atoms with Gasteiger partial charge >= 0.3 is 0 Å². The van der Waals surface area contributed by atoms with E-state index in [4.69, 9.17) is 11.6 Å². The Morgan fingerprint density at radius 1 is 1.15 bits per heavy atom. The Morgan fingerprint density at radius 3 is 2.46 bits per heavy atom. The topological polar surface area (TPSA) is 62.3 Å². The van der Waals surface area contributed by atoms with Crippen molar-refractivity contribution in [1.82, 2.24) is 9.88 Å². The lowest BCUT2D eigenvalue weighted by atomic mass is 9.95. The monoisotopic (exact) mass is 375 g/mol. The molecule has 0 saturated carbocycles. The average Bonchev–Trinajstić information content (AvgIpc) is 2.65. The van der Waals surface area contributed by atoms with Crippen LogP contribution in [0.1, 0.15) is 18.4 Å². The fourth-order valence-corrected chi connectivity index (χ4v) is 3.07. The summed E-state index contributed by atoms with van der Waals surface area (Å²) >= 11 is 5.78. The van der Waals surface area contributed by atoms with E-state index in [9.17, 15) is 14.0 Å². The van der Waals surface area contributed by atoms with Crippen molar-refractivity contribution in [2.45, 2.75) is 19.3 Å². The summed E-state index contributed by atoms with van der Waals surface area (Å²) in [5.41, 5.74) is 0.782. The third kappa shape index (κ3) is 4.79. The molecule has 0 unspecified atom stereocenters. The van der Waals surface area contributed by atoms with Gasteiger partial charge < -0.3 is 10.2 Å². The lowest BCUT2D eigenvalue weighted by Crippen LogP contribution is -2.42. The highest BCUT2D eigenvalue weighted by Crippen LogP contribution is 2.20. The number of likely N-dealkylation sites (tertiary alicyclic amines) is 1. The summed E-state index contributed by atoms with van der Waals surface area (Å²) in [5.74, 6) is -0.0972. The van der Waals surface area contributed by atoms with E-state index >= 15 is 0 Å². The van der Waals surface area contributed by atoms with Gasteiger partial charge in [-0.2, -0.15) is 0 Å². The first-order valence-electron chi connectivity index (χ1n) is 8.46. The summed E-state index contributed by atoms with van der Waals surface area (Å²) in [6.07, 6.45) is 2.93. The molecule has 1 fully saturated rings. The SMILES string of the molecule is O=C(Nc1ccc(Cl)cn1)C1CCN(C(=O)Cc2ccc(F)cc2)CC1. The molecule has 0 bridgehead atoms. The second kappa shape index (κ2) is 8.27. The first kappa shape index (κ1) is 18.3. The van der Waals surface area contributed by atoms with Gasteiger partial charge in [0, 0.05) is 25.2 Å². The molecule has 1 aromatic carbocycles. The van der Waals surface area contributed by atoms with Gasteiger partial charge in [-0.1, -0.05) is 23.7 Å². The van der Waals surface area contributed by atoms with E-state index < -0.39 is 0 Å². The minimum Gasteiger partial charge on any atom is -0.342 e. The number of hydrogen-bond acceptors (Lipinski definition) is 3. The number of nitrogens with one attached hydrogen (secondary N) is 1. The number of nitrogens with zero attached hydrogens (tertiary/aromatic N) is 2. The van der Waals surface area contributed by atoms with E-state index in [0.717, 1.165) is 5.56 Å². The maximum Gasteiger partial charge on any atom is 0.228 e. The van der Waals surface area contributed by atoms with E-state index in [-0.39, 0.29) is 30.0 Å². The van der Waals surface area contributed by atoms with Crippen molar-refractivity contribution in [3.8, 4) is 0 Å². The van der Waals surface area contributed by atoms with E-state index in [1.807, 2.05) is 0 Å². The van der Waals surface area contributed by atoms with Crippen molar-refractivity contribution in [3.05, 3.63) is 59.0 Å². The first-order valence-corrected chi connectivity index (χ1v) is 8.84. The molecule has 136 valence electrons. The van der Waals surface area contributed by atoms with Gasteiger partial charge in [0.25, 0.3) is 0 Å². The molecular weight excluding hydrogens is 357 g/mol. The number of pyridine rings is 1. The normalized spacial score (nSPS) is 14.9. The van der Waals surface area contributed by atoms with Crippen LogP contribution < -0.4 is 5.32 Å². The predicted octanol–water partition coefficient (Wildman–Crippen LogP) is 3.29. The number of aromatic nitrogens is 1. The Morgan fingerprint density at radius 2 is 1.85 bits per heavy atom. The average molecular weight is 376 g/mol. The lowest BCUT2D eigenvalue weighted by molar-refractivity contribution is -0.133. The Kier molecular flexibility index (Phi) is 5.83. The molecule has 3 rings (SSSR count). The van der Waals surface area contributed by atoms with Gasteiger partial charge in [0.1, 0.15) is 11.6 Å². The summed E-state index contributed by atoms with van der Waals surface area (Å²) < 4.78 is 12.9. The summed E-state index contributed by atoms with van der Waals surface area (Å²) in [6.45, 7) is 1.07. The minimum absolute atomic E-state index is 0.00478. The maximum absolute atomic E-state index is 12.9. The number of rotatable bonds is 4. The Balaban J connectivity index is 1.48. The molecule has 7 heteroatoms. The molecule has 2 heterocycles. The standard InChI is InChI=1S/C19H19ClFN3O2/c20-15-3-6-17(22-12-15)23-19(26)14-7-9-24(10-8-14)18(25)11-13-1-4-16(21)5-2-13/h1-6,12,14H,7-11H2,(H,22,23,26). The second-order valence-corrected chi connectivity index (χ2v) is 6.75. The molecule has 26 heavy (non-hydrogen) atoms. The molecule has 1 aliphatic rings. The van der Waals surface area contributed by atoms with Crippen LogP contribution >= 0.6 is 11.6 Å². The number of hydrogen-bond donors (Lipinski definition) is 1. The fourth-order valence-electron chi connectivity index (χ4n) is 2.96. The highest BCUT2D eigenvalue weighted by atomic mass is 35.5. The zero-order chi connectivity index (χ0) is 18.5. The van der Waals surface area contributed by atoms with Crippen LogP contribution in [0.15, 0.2) is 42.6 Å². The molecule has 5 nitrogen and oxygen atoms in total. The molecule has 1 aromatic heterocycles. The van der Waals surface area contributed by atoms with E-state index in [1.54, 1.807) is 29.2 Å². The predicted molar refractivity (Wildman–Crippen MR) is 97.3 cm³/mol. The molecule has 0 aliphatic carbocycles. The zero-order valence-electron chi connectivity index (χ0n) is 14.1. The summed E-state index contributed by atoms with van der Waals surface area (Å²) in [5, 5.41) is 3.29. The summed E-state index contributed by atoms with van der Waals surface area (Å²) in [4.78, 5) is 30.5.